The van der Waals surface area contributed by atoms with Gasteiger partial charge in [-0.2, -0.15) is 0 Å². The molecule has 0 amide bonds. The highest BCUT2D eigenvalue weighted by molar-refractivity contribution is 5.71. The van der Waals surface area contributed by atoms with Gasteiger partial charge in [-0.3, -0.25) is 14.4 Å². The van der Waals surface area contributed by atoms with Gasteiger partial charge in [0.2, 0.25) is 0 Å². The second-order valence-corrected chi connectivity index (χ2v) is 24.5. The lowest BCUT2D eigenvalue weighted by Gasteiger charge is -2.18. The normalized spacial score (nSPS) is 12.4. The summed E-state index contributed by atoms with van der Waals surface area (Å²) in [5, 5.41) is 0. The zero-order valence-electron chi connectivity index (χ0n) is 55.0. The number of ether oxygens (including phenoxy) is 3. The lowest BCUT2D eigenvalue weighted by Crippen LogP contribution is -2.30. The molecule has 82 heavy (non-hydrogen) atoms. The maximum Gasteiger partial charge on any atom is 0.306 e. The molecule has 6 nitrogen and oxygen atoms in total. The smallest absolute Gasteiger partial charge is 0.306 e. The number of rotatable bonds is 67. The molecule has 0 aromatic carbocycles. The second-order valence-electron chi connectivity index (χ2n) is 24.5. The molecular formula is C76H138O6. The third-order valence-corrected chi connectivity index (χ3v) is 16.3. The summed E-state index contributed by atoms with van der Waals surface area (Å²) >= 11 is 0. The molecule has 0 aliphatic carbocycles. The van der Waals surface area contributed by atoms with Crippen molar-refractivity contribution in [1.82, 2.24) is 0 Å². The summed E-state index contributed by atoms with van der Waals surface area (Å²) in [6, 6.07) is 0. The molecule has 0 heterocycles. The molecule has 0 aromatic rings. The molecule has 0 spiro atoms. The van der Waals surface area contributed by atoms with E-state index in [9.17, 15) is 14.4 Å². The summed E-state index contributed by atoms with van der Waals surface area (Å²) in [6.45, 7) is 6.57. The molecule has 0 radical (unpaired) electrons. The fraction of sp³-hybridized carbons (Fsp3) is 0.829. The summed E-state index contributed by atoms with van der Waals surface area (Å²) in [6.07, 6.45) is 91.2. The van der Waals surface area contributed by atoms with E-state index >= 15 is 0 Å². The largest absolute Gasteiger partial charge is 0.462 e. The minimum atomic E-state index is -0.782. The molecule has 0 aliphatic rings. The van der Waals surface area contributed by atoms with E-state index in [0.717, 1.165) is 96.3 Å². The highest BCUT2D eigenvalue weighted by Gasteiger charge is 2.19. The van der Waals surface area contributed by atoms with E-state index in [4.69, 9.17) is 14.2 Å². The third-order valence-electron chi connectivity index (χ3n) is 16.3. The summed E-state index contributed by atoms with van der Waals surface area (Å²) in [5.41, 5.74) is 0. The fourth-order valence-electron chi connectivity index (χ4n) is 10.8. The topological polar surface area (TPSA) is 78.9 Å². The molecule has 0 fully saturated rings. The van der Waals surface area contributed by atoms with E-state index in [2.05, 4.69) is 81.5 Å². The SMILES string of the molecule is CC/C=C\C/C=C\C/C=C\C/C=C\CCCCCCCCCCC(=O)OC(COC(=O)CCCCCCC/C=C\CCCCCCC)COC(=O)CCCCCCCCCCCCCCCCCCCCCCCCCCCCCCC. The van der Waals surface area contributed by atoms with Gasteiger partial charge < -0.3 is 14.2 Å². The highest BCUT2D eigenvalue weighted by Crippen LogP contribution is 2.19. The van der Waals surface area contributed by atoms with Crippen molar-refractivity contribution in [2.45, 2.75) is 393 Å². The monoisotopic (exact) mass is 1150 g/mol. The van der Waals surface area contributed by atoms with Crippen LogP contribution in [0.1, 0.15) is 387 Å². The van der Waals surface area contributed by atoms with Crippen LogP contribution < -0.4 is 0 Å². The molecular weight excluding hydrogens is 1010 g/mol. The average molecular weight is 1150 g/mol. The Balaban J connectivity index is 4.22. The van der Waals surface area contributed by atoms with E-state index in [0.29, 0.717) is 19.3 Å². The molecule has 478 valence electrons. The first kappa shape index (κ1) is 79.1. The van der Waals surface area contributed by atoms with E-state index in [1.807, 2.05) is 0 Å². The number of carbonyl (C=O) groups excluding carboxylic acids is 3. The number of esters is 3. The van der Waals surface area contributed by atoms with Gasteiger partial charge in [-0.25, -0.2) is 0 Å². The van der Waals surface area contributed by atoms with Gasteiger partial charge in [0.1, 0.15) is 13.2 Å². The number of hydrogen-bond donors (Lipinski definition) is 0. The summed E-state index contributed by atoms with van der Waals surface area (Å²) < 4.78 is 17.0. The first-order valence-corrected chi connectivity index (χ1v) is 36.3. The molecule has 0 bridgehead atoms. The van der Waals surface area contributed by atoms with Gasteiger partial charge in [-0.15, -0.1) is 0 Å². The Hall–Kier alpha value is -2.89. The van der Waals surface area contributed by atoms with Crippen molar-refractivity contribution in [3.8, 4) is 0 Å². The van der Waals surface area contributed by atoms with Crippen LogP contribution in [0, 0.1) is 0 Å². The maximum atomic E-state index is 13.0. The average Bonchev–Trinajstić information content (AvgIpc) is 3.47. The Bertz CT molecular complexity index is 1460. The van der Waals surface area contributed by atoms with Crippen LogP contribution in [0.4, 0.5) is 0 Å². The predicted octanol–water partition coefficient (Wildman–Crippen LogP) is 25.1. The number of hydrogen-bond acceptors (Lipinski definition) is 6. The highest BCUT2D eigenvalue weighted by atomic mass is 16.6. The molecule has 0 aliphatic heterocycles. The molecule has 0 saturated carbocycles. The third kappa shape index (κ3) is 67.9. The molecule has 0 N–H and O–H groups in total. The van der Waals surface area contributed by atoms with Crippen LogP contribution in [0.15, 0.2) is 60.8 Å². The van der Waals surface area contributed by atoms with Gasteiger partial charge in [-0.05, 0) is 83.5 Å². The Kier molecular flexibility index (Phi) is 68.1. The fourth-order valence-corrected chi connectivity index (χ4v) is 10.8. The van der Waals surface area contributed by atoms with E-state index in [1.54, 1.807) is 0 Å². The quantitative estimate of drug-likeness (QED) is 0.0261. The Labute approximate surface area is 510 Å². The minimum Gasteiger partial charge on any atom is -0.462 e. The van der Waals surface area contributed by atoms with Gasteiger partial charge in [0.05, 0.1) is 0 Å². The minimum absolute atomic E-state index is 0.0764. The van der Waals surface area contributed by atoms with Crippen molar-refractivity contribution >= 4 is 17.9 Å². The van der Waals surface area contributed by atoms with Gasteiger partial charge >= 0.3 is 17.9 Å². The van der Waals surface area contributed by atoms with Crippen molar-refractivity contribution in [2.75, 3.05) is 13.2 Å². The van der Waals surface area contributed by atoms with Gasteiger partial charge in [-0.1, -0.05) is 345 Å². The van der Waals surface area contributed by atoms with Crippen LogP contribution in [0.2, 0.25) is 0 Å². The predicted molar refractivity (Wildman–Crippen MR) is 358 cm³/mol. The molecule has 0 aromatic heterocycles. The first-order valence-electron chi connectivity index (χ1n) is 36.3. The lowest BCUT2D eigenvalue weighted by molar-refractivity contribution is -0.167. The van der Waals surface area contributed by atoms with Crippen molar-refractivity contribution in [3.63, 3.8) is 0 Å². The molecule has 0 saturated heterocycles. The maximum absolute atomic E-state index is 13.0. The van der Waals surface area contributed by atoms with Gasteiger partial charge in [0.15, 0.2) is 6.10 Å². The molecule has 0 rings (SSSR count). The summed E-state index contributed by atoms with van der Waals surface area (Å²) in [4.78, 5) is 38.4. The van der Waals surface area contributed by atoms with Crippen LogP contribution in [0.5, 0.6) is 0 Å². The Morgan fingerprint density at radius 2 is 0.476 bits per heavy atom. The lowest BCUT2D eigenvalue weighted by atomic mass is 10.0. The van der Waals surface area contributed by atoms with Crippen molar-refractivity contribution in [1.29, 1.82) is 0 Å². The van der Waals surface area contributed by atoms with Crippen molar-refractivity contribution in [2.24, 2.45) is 0 Å². The van der Waals surface area contributed by atoms with Crippen LogP contribution >= 0.6 is 0 Å². The second kappa shape index (κ2) is 70.6. The van der Waals surface area contributed by atoms with Gasteiger partial charge in [0, 0.05) is 19.3 Å². The van der Waals surface area contributed by atoms with Gasteiger partial charge in [0.25, 0.3) is 0 Å². The molecule has 1 atom stereocenters. The summed E-state index contributed by atoms with van der Waals surface area (Å²) in [5.74, 6) is -0.870. The zero-order chi connectivity index (χ0) is 59.2. The number of unbranched alkanes of at least 4 members (excludes halogenated alkanes) is 46. The van der Waals surface area contributed by atoms with Crippen LogP contribution in [0.3, 0.4) is 0 Å². The standard InChI is InChI=1S/C76H138O6/c1-4-7-10-13-16-19-22-25-28-30-32-34-35-36-37-38-39-40-41-43-44-46-48-51-54-57-60-63-66-69-75(78)81-72-73(71-80-74(77)68-65-62-59-56-53-50-27-24-21-18-15-12-9-6-3)82-76(79)70-67-64-61-58-55-52-49-47-45-42-33-31-29-26-23-20-17-14-11-8-5-2/h8,11,17,20,24,26-27,29,33,42,73H,4-7,9-10,12-16,18-19,21-23,25,28,30-32,34-41,43-72H2,1-3H3/b11-8-,20-17-,27-24-,29-26-,42-33-. The van der Waals surface area contributed by atoms with Crippen LogP contribution in [-0.2, 0) is 28.6 Å². The molecule has 6 heteroatoms. The van der Waals surface area contributed by atoms with E-state index in [-0.39, 0.29) is 31.1 Å². The number of allylic oxidation sites excluding steroid dienone is 10. The zero-order valence-corrected chi connectivity index (χ0v) is 55.0. The van der Waals surface area contributed by atoms with E-state index < -0.39 is 6.10 Å². The van der Waals surface area contributed by atoms with E-state index in [1.165, 1.54) is 250 Å². The Morgan fingerprint density at radius 1 is 0.256 bits per heavy atom. The van der Waals surface area contributed by atoms with Crippen molar-refractivity contribution in [3.05, 3.63) is 60.8 Å². The molecule has 1 unspecified atom stereocenters. The van der Waals surface area contributed by atoms with Crippen LogP contribution in [0.25, 0.3) is 0 Å². The summed E-state index contributed by atoms with van der Waals surface area (Å²) in [7, 11) is 0. The first-order chi connectivity index (χ1) is 40.5. The van der Waals surface area contributed by atoms with Crippen LogP contribution in [-0.4, -0.2) is 37.2 Å². The number of carbonyl (C=O) groups is 3. The Morgan fingerprint density at radius 3 is 0.756 bits per heavy atom. The van der Waals surface area contributed by atoms with Crippen molar-refractivity contribution < 1.29 is 28.6 Å².